The maximum absolute atomic E-state index is 13.2. The largest absolute Gasteiger partial charge is 0.491 e. The van der Waals surface area contributed by atoms with Gasteiger partial charge in [-0.2, -0.15) is 4.98 Å². The number of carbonyl (C=O) groups excluding carboxylic acids is 3. The van der Waals surface area contributed by atoms with Gasteiger partial charge in [0.1, 0.15) is 12.7 Å². The maximum atomic E-state index is 13.2. The summed E-state index contributed by atoms with van der Waals surface area (Å²) in [4.78, 5) is 56.0. The molecule has 1 saturated heterocycles. The Morgan fingerprint density at radius 2 is 1.28 bits per heavy atom. The number of rotatable bonds is 9. The predicted octanol–water partition coefficient (Wildman–Crippen LogP) is 3.04. The van der Waals surface area contributed by atoms with Crippen LogP contribution < -0.4 is 16.2 Å². The van der Waals surface area contributed by atoms with E-state index in [0.29, 0.717) is 0 Å². The highest BCUT2D eigenvalue weighted by molar-refractivity contribution is 5.91. The Morgan fingerprint density at radius 3 is 1.79 bits per heavy atom. The molecule has 12 nitrogen and oxygen atoms in total. The molecular weight excluding hydrogens is 558 g/mol. The van der Waals surface area contributed by atoms with Crippen molar-refractivity contribution in [2.75, 3.05) is 19.5 Å². The summed E-state index contributed by atoms with van der Waals surface area (Å²) in [5, 5.41) is 0. The first-order valence-corrected chi connectivity index (χ1v) is 13.2. The minimum Gasteiger partial charge on any atom is -0.491 e. The maximum Gasteiger partial charge on any atom is 0.352 e. The smallest absolute Gasteiger partial charge is 0.352 e. The first-order valence-electron chi connectivity index (χ1n) is 13.2. The second kappa shape index (κ2) is 13.0. The Morgan fingerprint density at radius 1 is 0.791 bits per heavy atom. The van der Waals surface area contributed by atoms with E-state index in [0.717, 1.165) is 4.57 Å². The van der Waals surface area contributed by atoms with Crippen molar-refractivity contribution in [3.05, 3.63) is 124 Å². The summed E-state index contributed by atoms with van der Waals surface area (Å²) in [5.41, 5.74) is 5.66. The van der Waals surface area contributed by atoms with E-state index in [9.17, 15) is 19.2 Å². The Hall–Kier alpha value is -5.49. The Kier molecular flexibility index (Phi) is 8.77. The van der Waals surface area contributed by atoms with Crippen LogP contribution in [0.3, 0.4) is 0 Å². The Balaban J connectivity index is 1.53. The summed E-state index contributed by atoms with van der Waals surface area (Å²) in [6, 6.07) is 24.5. The molecule has 2 N–H and O–H groups in total. The van der Waals surface area contributed by atoms with Gasteiger partial charge in [0.2, 0.25) is 0 Å². The number of aromatic nitrogens is 2. The van der Waals surface area contributed by atoms with Crippen LogP contribution in [0.25, 0.3) is 0 Å². The minimum absolute atomic E-state index is 0.0492. The first kappa shape index (κ1) is 29.0. The summed E-state index contributed by atoms with van der Waals surface area (Å²) >= 11 is 0. The lowest BCUT2D eigenvalue weighted by atomic mass is 10.1. The highest BCUT2D eigenvalue weighted by atomic mass is 16.7. The Labute approximate surface area is 245 Å². The summed E-state index contributed by atoms with van der Waals surface area (Å²) in [7, 11) is 1.33. The fraction of sp³-hybridized carbons (Fsp3) is 0.194. The van der Waals surface area contributed by atoms with E-state index in [1.165, 1.54) is 25.4 Å². The van der Waals surface area contributed by atoms with Crippen LogP contribution in [0.1, 0.15) is 37.3 Å². The molecule has 0 radical (unpaired) electrons. The molecule has 0 saturated carbocycles. The van der Waals surface area contributed by atoms with Crippen molar-refractivity contribution in [2.45, 2.75) is 24.5 Å². The van der Waals surface area contributed by atoms with E-state index in [4.69, 9.17) is 29.4 Å². The molecular formula is C31H27N3O9. The molecule has 1 aliphatic heterocycles. The highest BCUT2D eigenvalue weighted by Crippen LogP contribution is 2.35. The second-order valence-corrected chi connectivity index (χ2v) is 9.39. The van der Waals surface area contributed by atoms with Gasteiger partial charge in [0, 0.05) is 0 Å². The van der Waals surface area contributed by atoms with E-state index in [2.05, 4.69) is 4.98 Å². The van der Waals surface area contributed by atoms with Crippen LogP contribution in [0.15, 0.2) is 102 Å². The van der Waals surface area contributed by atoms with Crippen molar-refractivity contribution in [1.82, 2.24) is 9.55 Å². The molecule has 1 aromatic heterocycles. The number of nitrogens with zero attached hydrogens (tertiary/aromatic N) is 2. The molecule has 1 unspecified atom stereocenters. The van der Waals surface area contributed by atoms with Gasteiger partial charge in [0.15, 0.2) is 30.0 Å². The van der Waals surface area contributed by atoms with Gasteiger partial charge in [0.25, 0.3) is 0 Å². The first-order chi connectivity index (χ1) is 20.9. The number of nitrogen functional groups attached to an aromatic ring is 1. The number of methoxy groups -OCH3 is 1. The van der Waals surface area contributed by atoms with Crippen LogP contribution in [-0.4, -0.2) is 59.5 Å². The predicted molar refractivity (Wildman–Crippen MR) is 151 cm³/mol. The van der Waals surface area contributed by atoms with Crippen LogP contribution in [-0.2, 0) is 18.9 Å². The van der Waals surface area contributed by atoms with Gasteiger partial charge in [-0.15, -0.1) is 0 Å². The number of benzene rings is 3. The van der Waals surface area contributed by atoms with Crippen molar-refractivity contribution in [2.24, 2.45) is 0 Å². The number of hydrogen-bond acceptors (Lipinski definition) is 11. The van der Waals surface area contributed by atoms with Crippen molar-refractivity contribution in [3.8, 4) is 5.75 Å². The van der Waals surface area contributed by atoms with Crippen molar-refractivity contribution >= 4 is 23.7 Å². The minimum atomic E-state index is -1.39. The molecule has 0 amide bonds. The topological polar surface area (TPSA) is 158 Å². The zero-order chi connectivity index (χ0) is 30.3. The molecule has 1 aliphatic rings. The number of anilines is 1. The quantitative estimate of drug-likeness (QED) is 0.227. The van der Waals surface area contributed by atoms with E-state index in [1.807, 2.05) is 0 Å². The lowest BCUT2D eigenvalue weighted by Gasteiger charge is -2.25. The fourth-order valence-electron chi connectivity index (χ4n) is 4.48. The Bertz CT molecular complexity index is 1650. The molecule has 4 aromatic rings. The molecule has 4 atom stereocenters. The zero-order valence-electron chi connectivity index (χ0n) is 22.9. The average Bonchev–Trinajstić information content (AvgIpc) is 3.36. The zero-order valence-corrected chi connectivity index (χ0v) is 22.9. The summed E-state index contributed by atoms with van der Waals surface area (Å²) < 4.78 is 29.6. The average molecular weight is 586 g/mol. The molecule has 3 aromatic carbocycles. The highest BCUT2D eigenvalue weighted by Gasteiger charge is 2.52. The molecule has 0 aliphatic carbocycles. The molecule has 2 heterocycles. The second-order valence-electron chi connectivity index (χ2n) is 9.39. The van der Waals surface area contributed by atoms with Crippen LogP contribution in [0.4, 0.5) is 5.82 Å². The summed E-state index contributed by atoms with van der Waals surface area (Å²) in [6.07, 6.45) is -4.03. The van der Waals surface area contributed by atoms with Crippen molar-refractivity contribution in [1.29, 1.82) is 0 Å². The van der Waals surface area contributed by atoms with E-state index >= 15 is 0 Å². The SMILES string of the molecule is COc1cn([C@@H]2O[C@H](COC(=O)c3ccccc3)C(OC(=O)c3ccccc3)[C@@H]2OC(=O)c2ccccc2)c(=O)nc1N. The molecule has 43 heavy (non-hydrogen) atoms. The van der Waals surface area contributed by atoms with E-state index < -0.39 is 54.7 Å². The van der Waals surface area contributed by atoms with Crippen LogP contribution in [0.5, 0.6) is 5.75 Å². The van der Waals surface area contributed by atoms with Gasteiger partial charge >= 0.3 is 23.6 Å². The normalized spacial score (nSPS) is 19.3. The molecule has 0 spiro atoms. The number of hydrogen-bond donors (Lipinski definition) is 1. The molecule has 5 rings (SSSR count). The lowest BCUT2D eigenvalue weighted by molar-refractivity contribution is -0.0641. The van der Waals surface area contributed by atoms with Crippen molar-refractivity contribution in [3.63, 3.8) is 0 Å². The monoisotopic (exact) mass is 585 g/mol. The van der Waals surface area contributed by atoms with Gasteiger partial charge in [-0.05, 0) is 36.4 Å². The lowest BCUT2D eigenvalue weighted by Crippen LogP contribution is -2.42. The van der Waals surface area contributed by atoms with Crippen LogP contribution in [0, 0.1) is 0 Å². The molecule has 0 bridgehead atoms. The number of nitrogens with two attached hydrogens (primary N) is 1. The number of ether oxygens (including phenoxy) is 5. The van der Waals surface area contributed by atoms with Gasteiger partial charge in [0.05, 0.1) is 30.0 Å². The molecule has 1 fully saturated rings. The third-order valence-electron chi connectivity index (χ3n) is 6.62. The summed E-state index contributed by atoms with van der Waals surface area (Å²) in [6.45, 7) is -0.412. The van der Waals surface area contributed by atoms with Gasteiger partial charge in [-0.3, -0.25) is 4.57 Å². The third kappa shape index (κ3) is 6.54. The van der Waals surface area contributed by atoms with Crippen LogP contribution >= 0.6 is 0 Å². The third-order valence-corrected chi connectivity index (χ3v) is 6.62. The molecule has 12 heteroatoms. The summed E-state index contributed by atoms with van der Waals surface area (Å²) in [5.74, 6) is -2.31. The standard InChI is InChI=1S/C31H27N3O9/c1-39-22-17-34(31(38)33-26(22)32)27-25(43-30(37)21-15-9-4-10-16-21)24(42-29(36)20-13-7-3-8-14-20)23(41-27)18-40-28(35)19-11-5-2-6-12-19/h2-17,23-25,27H,18H2,1H3,(H2,32,33,38)/t23-,24?,25+,27-/m1/s1. The number of esters is 3. The van der Waals surface area contributed by atoms with Gasteiger partial charge < -0.3 is 29.4 Å². The van der Waals surface area contributed by atoms with Gasteiger partial charge in [-0.1, -0.05) is 54.6 Å². The van der Waals surface area contributed by atoms with Gasteiger partial charge in [-0.25, -0.2) is 19.2 Å². The fourth-order valence-corrected chi connectivity index (χ4v) is 4.48. The molecule has 220 valence electrons. The van der Waals surface area contributed by atoms with Crippen molar-refractivity contribution < 1.29 is 38.1 Å². The van der Waals surface area contributed by atoms with E-state index in [1.54, 1.807) is 78.9 Å². The number of carbonyl (C=O) groups is 3. The van der Waals surface area contributed by atoms with E-state index in [-0.39, 0.29) is 28.3 Å². The van der Waals surface area contributed by atoms with Crippen LogP contribution in [0.2, 0.25) is 0 Å².